The van der Waals surface area contributed by atoms with E-state index in [0.29, 0.717) is 0 Å². The fourth-order valence-corrected chi connectivity index (χ4v) is 3.20. The lowest BCUT2D eigenvalue weighted by Crippen LogP contribution is -2.34. The standard InChI is InChI=1S/C15H14N4O6S/c1-2-6-18-14(23)11(8-12(20)21)26-15(18)17-16-13(22)9-4-3-5-10(7-9)19(24)25/h2-5,7,11H,1,6,8H2,(H,16,22)(H,20,21)/b17-15+. The van der Waals surface area contributed by atoms with Gasteiger partial charge in [-0.2, -0.15) is 0 Å². The number of nitro groups is 1. The van der Waals surface area contributed by atoms with E-state index in [1.54, 1.807) is 0 Å². The summed E-state index contributed by atoms with van der Waals surface area (Å²) >= 11 is 0.915. The van der Waals surface area contributed by atoms with Crippen LogP contribution >= 0.6 is 11.8 Å². The van der Waals surface area contributed by atoms with Crippen LogP contribution in [0.25, 0.3) is 0 Å². The SMILES string of the molecule is C=CCN1C(=O)C(CC(=O)O)S/C1=N/NC(=O)c1cccc([N+](=O)[O-])c1. The predicted octanol–water partition coefficient (Wildman–Crippen LogP) is 1.20. The highest BCUT2D eigenvalue weighted by Gasteiger charge is 2.38. The number of nitrogens with one attached hydrogen (secondary N) is 1. The maximum atomic E-state index is 12.2. The Morgan fingerprint density at radius 2 is 2.23 bits per heavy atom. The number of rotatable bonds is 7. The molecule has 1 saturated heterocycles. The number of carbonyl (C=O) groups is 3. The van der Waals surface area contributed by atoms with Crippen molar-refractivity contribution in [1.82, 2.24) is 10.3 Å². The van der Waals surface area contributed by atoms with Crippen LogP contribution in [0.1, 0.15) is 16.8 Å². The van der Waals surface area contributed by atoms with E-state index in [1.165, 1.54) is 29.2 Å². The zero-order valence-corrected chi connectivity index (χ0v) is 14.1. The second-order valence-corrected chi connectivity index (χ2v) is 6.25. The number of nitrogens with zero attached hydrogens (tertiary/aromatic N) is 3. The predicted molar refractivity (Wildman–Crippen MR) is 93.5 cm³/mol. The lowest BCUT2D eigenvalue weighted by molar-refractivity contribution is -0.384. The summed E-state index contributed by atoms with van der Waals surface area (Å²) in [6.07, 6.45) is 1.06. The fraction of sp³-hybridized carbons (Fsp3) is 0.200. The number of benzene rings is 1. The number of nitro benzene ring substituents is 1. The van der Waals surface area contributed by atoms with E-state index >= 15 is 0 Å². The van der Waals surface area contributed by atoms with Crippen LogP contribution in [-0.4, -0.2) is 49.7 Å². The Labute approximate surface area is 151 Å². The smallest absolute Gasteiger partial charge is 0.305 e. The molecule has 1 aromatic rings. The van der Waals surface area contributed by atoms with Crippen molar-refractivity contribution >= 4 is 40.4 Å². The molecule has 0 aromatic heterocycles. The third-order valence-corrected chi connectivity index (χ3v) is 4.44. The summed E-state index contributed by atoms with van der Waals surface area (Å²) in [5.41, 5.74) is 2.00. The van der Waals surface area contributed by atoms with Gasteiger partial charge >= 0.3 is 5.97 Å². The van der Waals surface area contributed by atoms with Gasteiger partial charge in [-0.3, -0.25) is 29.4 Å². The van der Waals surface area contributed by atoms with Gasteiger partial charge in [0.05, 0.1) is 11.3 Å². The summed E-state index contributed by atoms with van der Waals surface area (Å²) in [7, 11) is 0. The summed E-state index contributed by atoms with van der Waals surface area (Å²) in [6, 6.07) is 5.08. The van der Waals surface area contributed by atoms with E-state index in [4.69, 9.17) is 5.11 Å². The average Bonchev–Trinajstić information content (AvgIpc) is 2.88. The van der Waals surface area contributed by atoms with Crippen LogP contribution in [-0.2, 0) is 9.59 Å². The van der Waals surface area contributed by atoms with E-state index in [1.807, 2.05) is 0 Å². The van der Waals surface area contributed by atoms with E-state index in [9.17, 15) is 24.5 Å². The van der Waals surface area contributed by atoms with Crippen molar-refractivity contribution in [2.75, 3.05) is 6.54 Å². The Balaban J connectivity index is 2.16. The van der Waals surface area contributed by atoms with Gasteiger partial charge in [0.2, 0.25) is 5.91 Å². The molecular weight excluding hydrogens is 364 g/mol. The van der Waals surface area contributed by atoms with Crippen LogP contribution in [0.5, 0.6) is 0 Å². The van der Waals surface area contributed by atoms with Gasteiger partial charge in [-0.1, -0.05) is 23.9 Å². The topological polar surface area (TPSA) is 142 Å². The minimum Gasteiger partial charge on any atom is -0.481 e. The number of carboxylic acids is 1. The van der Waals surface area contributed by atoms with E-state index in [0.717, 1.165) is 17.8 Å². The van der Waals surface area contributed by atoms with Gasteiger partial charge in [-0.15, -0.1) is 11.7 Å². The number of carboxylic acid groups (broad SMARTS) is 1. The summed E-state index contributed by atoms with van der Waals surface area (Å²) < 4.78 is 0. The summed E-state index contributed by atoms with van der Waals surface area (Å²) in [5, 5.41) is 22.8. The second-order valence-electron chi connectivity index (χ2n) is 5.08. The van der Waals surface area contributed by atoms with Gasteiger partial charge in [-0.05, 0) is 6.07 Å². The zero-order valence-electron chi connectivity index (χ0n) is 13.3. The highest BCUT2D eigenvalue weighted by molar-refractivity contribution is 8.15. The molecule has 136 valence electrons. The van der Waals surface area contributed by atoms with Gasteiger partial charge in [0.25, 0.3) is 11.6 Å². The second kappa shape index (κ2) is 8.25. The molecule has 1 fully saturated rings. The number of hydrogen-bond acceptors (Lipinski definition) is 7. The zero-order chi connectivity index (χ0) is 19.3. The normalized spacial score (nSPS) is 18.0. The van der Waals surface area contributed by atoms with Crippen molar-refractivity contribution < 1.29 is 24.4 Å². The maximum absolute atomic E-state index is 12.2. The average molecular weight is 378 g/mol. The molecule has 0 spiro atoms. The molecule has 26 heavy (non-hydrogen) atoms. The molecule has 1 unspecified atom stereocenters. The maximum Gasteiger partial charge on any atom is 0.305 e. The minimum atomic E-state index is -1.13. The number of carbonyl (C=O) groups excluding carboxylic acids is 2. The molecule has 0 radical (unpaired) electrons. The third kappa shape index (κ3) is 4.45. The fourth-order valence-electron chi connectivity index (χ4n) is 2.10. The number of hydrazone groups is 1. The van der Waals surface area contributed by atoms with Gasteiger partial charge in [0, 0.05) is 24.2 Å². The van der Waals surface area contributed by atoms with Crippen molar-refractivity contribution in [2.45, 2.75) is 11.7 Å². The van der Waals surface area contributed by atoms with Gasteiger partial charge in [0.15, 0.2) is 5.17 Å². The Morgan fingerprint density at radius 3 is 2.85 bits per heavy atom. The quantitative estimate of drug-likeness (QED) is 0.412. The van der Waals surface area contributed by atoms with Gasteiger partial charge in [-0.25, -0.2) is 5.43 Å². The Morgan fingerprint density at radius 1 is 1.50 bits per heavy atom. The molecule has 2 amide bonds. The lowest BCUT2D eigenvalue weighted by Gasteiger charge is -2.13. The Hall–Kier alpha value is -3.21. The van der Waals surface area contributed by atoms with Gasteiger partial charge < -0.3 is 5.11 Å². The molecule has 0 aliphatic carbocycles. The Kier molecular flexibility index (Phi) is 6.07. The summed E-state index contributed by atoms with van der Waals surface area (Å²) in [5.74, 6) is -2.27. The molecule has 1 heterocycles. The molecule has 2 N–H and O–H groups in total. The summed E-state index contributed by atoms with van der Waals surface area (Å²) in [6.45, 7) is 3.63. The molecule has 1 aliphatic rings. The number of aliphatic carboxylic acids is 1. The first-order chi connectivity index (χ1) is 12.3. The molecule has 1 atom stereocenters. The highest BCUT2D eigenvalue weighted by Crippen LogP contribution is 2.29. The molecule has 11 heteroatoms. The van der Waals surface area contributed by atoms with Crippen molar-refractivity contribution in [3.05, 3.63) is 52.6 Å². The Bertz CT molecular complexity index is 809. The van der Waals surface area contributed by atoms with Crippen LogP contribution in [0.4, 0.5) is 5.69 Å². The molecular formula is C15H14N4O6S. The summed E-state index contributed by atoms with van der Waals surface area (Å²) in [4.78, 5) is 46.5. The van der Waals surface area contributed by atoms with Crippen molar-refractivity contribution in [1.29, 1.82) is 0 Å². The van der Waals surface area contributed by atoms with Crippen LogP contribution in [0, 0.1) is 10.1 Å². The monoisotopic (exact) mass is 378 g/mol. The highest BCUT2D eigenvalue weighted by atomic mass is 32.2. The molecule has 2 rings (SSSR count). The van der Waals surface area contributed by atoms with Crippen molar-refractivity contribution in [2.24, 2.45) is 5.10 Å². The van der Waals surface area contributed by atoms with E-state index < -0.39 is 28.0 Å². The number of thioether (sulfide) groups is 1. The molecule has 0 bridgehead atoms. The lowest BCUT2D eigenvalue weighted by atomic mass is 10.2. The van der Waals surface area contributed by atoms with Gasteiger partial charge in [0.1, 0.15) is 5.25 Å². The third-order valence-electron chi connectivity index (χ3n) is 3.26. The largest absolute Gasteiger partial charge is 0.481 e. The van der Waals surface area contributed by atoms with E-state index in [2.05, 4.69) is 17.1 Å². The van der Waals surface area contributed by atoms with Crippen LogP contribution < -0.4 is 5.43 Å². The van der Waals surface area contributed by atoms with E-state index in [-0.39, 0.29) is 29.4 Å². The van der Waals surface area contributed by atoms with Crippen molar-refractivity contribution in [3.63, 3.8) is 0 Å². The molecule has 1 aromatic carbocycles. The first-order valence-corrected chi connectivity index (χ1v) is 8.14. The number of non-ortho nitro benzene ring substituents is 1. The number of hydrogen-bond donors (Lipinski definition) is 2. The van der Waals surface area contributed by atoms with Crippen molar-refractivity contribution in [3.8, 4) is 0 Å². The molecule has 1 aliphatic heterocycles. The molecule has 0 saturated carbocycles. The number of amides is 2. The van der Waals surface area contributed by atoms with Crippen LogP contribution in [0.2, 0.25) is 0 Å². The van der Waals surface area contributed by atoms with Crippen LogP contribution in [0.3, 0.4) is 0 Å². The number of amidine groups is 1. The minimum absolute atomic E-state index is 0.0234. The molecule has 10 nitrogen and oxygen atoms in total. The van der Waals surface area contributed by atoms with Crippen LogP contribution in [0.15, 0.2) is 42.0 Å². The first kappa shape index (κ1) is 19.1. The first-order valence-electron chi connectivity index (χ1n) is 7.26.